The Morgan fingerprint density at radius 3 is 1.00 bits per heavy atom. The van der Waals surface area contributed by atoms with Crippen LogP contribution in [0.1, 0.15) is 22.3 Å². The van der Waals surface area contributed by atoms with Gasteiger partial charge in [0.2, 0.25) is 0 Å². The molecule has 0 amide bonds. The molecule has 0 unspecified atom stereocenters. The first-order valence-corrected chi connectivity index (χ1v) is 24.2. The number of hydrogen-bond acceptors (Lipinski definition) is 4. The Bertz CT molecular complexity index is 3750. The summed E-state index contributed by atoms with van der Waals surface area (Å²) in [6.07, 6.45) is 0. The quantitative estimate of drug-likeness (QED) is 0.152. The molecule has 3 aliphatic rings. The predicted octanol–water partition coefficient (Wildman–Crippen LogP) is 18.2. The Morgan fingerprint density at radius 2 is 0.577 bits per heavy atom. The lowest BCUT2D eigenvalue weighted by molar-refractivity contribution is 0.361. The molecule has 4 nitrogen and oxygen atoms in total. The molecule has 4 heteroatoms. The molecular weight excluding hydrogens is 865 g/mol. The second-order valence-electron chi connectivity index (χ2n) is 18.4. The Morgan fingerprint density at radius 1 is 0.254 bits per heavy atom. The van der Waals surface area contributed by atoms with Crippen molar-refractivity contribution >= 4 is 34.1 Å². The van der Waals surface area contributed by atoms with Gasteiger partial charge in [0.15, 0.2) is 23.0 Å². The van der Waals surface area contributed by atoms with Crippen molar-refractivity contribution < 1.29 is 9.47 Å². The molecule has 2 aliphatic carbocycles. The summed E-state index contributed by atoms with van der Waals surface area (Å²) in [5.74, 6) is 2.55. The van der Waals surface area contributed by atoms with Gasteiger partial charge < -0.3 is 19.3 Å². The van der Waals surface area contributed by atoms with Crippen LogP contribution in [-0.2, 0) is 5.41 Å². The molecule has 0 atom stereocenters. The van der Waals surface area contributed by atoms with Crippen LogP contribution in [0.25, 0.3) is 44.5 Å². The number of para-hydroxylation sites is 2. The highest BCUT2D eigenvalue weighted by Crippen LogP contribution is 2.66. The Hall–Kier alpha value is -9.38. The third-order valence-electron chi connectivity index (χ3n) is 14.5. The molecule has 71 heavy (non-hydrogen) atoms. The molecule has 0 saturated carbocycles. The predicted molar refractivity (Wildman–Crippen MR) is 290 cm³/mol. The number of anilines is 6. The van der Waals surface area contributed by atoms with Crippen molar-refractivity contribution in [3.05, 3.63) is 289 Å². The number of fused-ring (bicyclic) bond motifs is 12. The average molecular weight is 909 g/mol. The monoisotopic (exact) mass is 908 g/mol. The van der Waals surface area contributed by atoms with Crippen molar-refractivity contribution in [3.63, 3.8) is 0 Å². The van der Waals surface area contributed by atoms with E-state index in [1.165, 1.54) is 44.5 Å². The highest BCUT2D eigenvalue weighted by atomic mass is 16.6. The van der Waals surface area contributed by atoms with Crippen molar-refractivity contribution in [1.29, 1.82) is 0 Å². The van der Waals surface area contributed by atoms with E-state index >= 15 is 0 Å². The van der Waals surface area contributed by atoms with Gasteiger partial charge >= 0.3 is 0 Å². The Kier molecular flexibility index (Phi) is 9.39. The van der Waals surface area contributed by atoms with Crippen LogP contribution in [0, 0.1) is 0 Å². The maximum absolute atomic E-state index is 7.57. The van der Waals surface area contributed by atoms with Gasteiger partial charge in [-0.2, -0.15) is 0 Å². The molecule has 334 valence electrons. The third-order valence-corrected chi connectivity index (χ3v) is 14.5. The highest BCUT2D eigenvalue weighted by molar-refractivity contribution is 5.97. The van der Waals surface area contributed by atoms with Gasteiger partial charge in [0, 0.05) is 22.7 Å². The van der Waals surface area contributed by atoms with Crippen LogP contribution in [0.4, 0.5) is 34.1 Å². The number of ether oxygens (including phenoxy) is 2. The van der Waals surface area contributed by atoms with Crippen molar-refractivity contribution in [2.24, 2.45) is 0 Å². The zero-order chi connectivity index (χ0) is 46.9. The summed E-state index contributed by atoms with van der Waals surface area (Å²) in [4.78, 5) is 4.55. The fraction of sp³-hybridized carbons (Fsp3) is 0.0149. The van der Waals surface area contributed by atoms with Gasteiger partial charge in [0.25, 0.3) is 0 Å². The van der Waals surface area contributed by atoms with Gasteiger partial charge in [0.05, 0.1) is 16.8 Å². The van der Waals surface area contributed by atoms with Crippen molar-refractivity contribution in [2.45, 2.75) is 5.41 Å². The first kappa shape index (κ1) is 40.7. The molecule has 14 rings (SSSR count). The van der Waals surface area contributed by atoms with Crippen LogP contribution in [0.2, 0.25) is 0 Å². The van der Waals surface area contributed by atoms with Crippen LogP contribution in [-0.4, -0.2) is 0 Å². The number of hydrogen-bond donors (Lipinski definition) is 0. The van der Waals surface area contributed by atoms with E-state index < -0.39 is 5.41 Å². The van der Waals surface area contributed by atoms with Gasteiger partial charge in [-0.1, -0.05) is 194 Å². The topological polar surface area (TPSA) is 24.9 Å². The van der Waals surface area contributed by atoms with E-state index in [4.69, 9.17) is 9.47 Å². The van der Waals surface area contributed by atoms with Crippen molar-refractivity contribution in [1.82, 2.24) is 0 Å². The maximum Gasteiger partial charge on any atom is 0.196 e. The molecule has 0 fully saturated rings. The van der Waals surface area contributed by atoms with Crippen molar-refractivity contribution in [3.8, 4) is 67.5 Å². The first-order valence-electron chi connectivity index (χ1n) is 24.2. The lowest BCUT2D eigenvalue weighted by atomic mass is 9.70. The minimum atomic E-state index is -0.547. The number of benzene rings is 11. The van der Waals surface area contributed by atoms with Crippen LogP contribution in [0.5, 0.6) is 23.0 Å². The van der Waals surface area contributed by atoms with Crippen LogP contribution in [0.3, 0.4) is 0 Å². The van der Waals surface area contributed by atoms with Gasteiger partial charge in [0.1, 0.15) is 0 Å². The molecule has 11 aromatic rings. The van der Waals surface area contributed by atoms with E-state index in [-0.39, 0.29) is 0 Å². The maximum atomic E-state index is 7.57. The fourth-order valence-corrected chi connectivity index (χ4v) is 11.4. The van der Waals surface area contributed by atoms with E-state index in [9.17, 15) is 0 Å². The lowest BCUT2D eigenvalue weighted by Crippen LogP contribution is -2.26. The minimum absolute atomic E-state index is 0.547. The molecule has 1 aliphatic heterocycles. The Labute approximate surface area is 413 Å². The highest BCUT2D eigenvalue weighted by Gasteiger charge is 2.52. The first-order chi connectivity index (χ1) is 35.2. The number of nitrogens with zero attached hydrogens (tertiary/aromatic N) is 2. The van der Waals surface area contributed by atoms with E-state index in [0.717, 1.165) is 56.4 Å². The summed E-state index contributed by atoms with van der Waals surface area (Å²) >= 11 is 0. The fourth-order valence-electron chi connectivity index (χ4n) is 11.4. The summed E-state index contributed by atoms with van der Waals surface area (Å²) in [6, 6.07) is 95.2. The van der Waals surface area contributed by atoms with E-state index in [1.807, 2.05) is 0 Å². The molecule has 11 aromatic carbocycles. The standard InChI is InChI=1S/C67H44N2O2/c1-5-19-45(20-6-1)47-33-37-51(38-34-47)68(49-23-9-3-10-24-49)61-41-42-62(69(50-25-11-4-12-26-50)52-39-35-48(36-40-52)46-21-7-2-8-22-46)66-65(61)70-63-43-56-55-29-15-18-32-59(55)67(60(56)44-64(63)71-66)57-30-16-13-27-53(57)54-28-14-17-31-58(54)67/h1-44H. The number of rotatable bonds is 8. The van der Waals surface area contributed by atoms with Crippen LogP contribution >= 0.6 is 0 Å². The average Bonchev–Trinajstić information content (AvgIpc) is 3.91. The third kappa shape index (κ3) is 6.39. The smallest absolute Gasteiger partial charge is 0.196 e. The van der Waals surface area contributed by atoms with E-state index in [1.54, 1.807) is 0 Å². The minimum Gasteiger partial charge on any atom is -0.447 e. The largest absolute Gasteiger partial charge is 0.447 e. The van der Waals surface area contributed by atoms with E-state index in [0.29, 0.717) is 23.0 Å². The summed E-state index contributed by atoms with van der Waals surface area (Å²) in [7, 11) is 0. The lowest BCUT2D eigenvalue weighted by Gasteiger charge is -2.35. The van der Waals surface area contributed by atoms with Gasteiger partial charge in [-0.05, 0) is 140 Å². The zero-order valence-corrected chi connectivity index (χ0v) is 38.6. The molecule has 1 heterocycles. The van der Waals surface area contributed by atoms with Gasteiger partial charge in [-0.3, -0.25) is 0 Å². The molecular formula is C67H44N2O2. The van der Waals surface area contributed by atoms with Gasteiger partial charge in [-0.15, -0.1) is 0 Å². The second kappa shape index (κ2) is 16.4. The van der Waals surface area contributed by atoms with Gasteiger partial charge in [-0.25, -0.2) is 0 Å². The van der Waals surface area contributed by atoms with Crippen LogP contribution < -0.4 is 19.3 Å². The zero-order valence-electron chi connectivity index (χ0n) is 38.6. The molecule has 0 aromatic heterocycles. The SMILES string of the molecule is c1ccc(-c2ccc(N(c3ccccc3)c3ccc(N(c4ccccc4)c4ccc(-c5ccccc5)cc4)c4c3Oc3cc5c(cc3O4)C3(c4ccccc4-c4ccccc43)c3ccccc3-5)cc2)cc1. The summed E-state index contributed by atoms with van der Waals surface area (Å²) < 4.78 is 15.1. The summed E-state index contributed by atoms with van der Waals surface area (Å²) in [5.41, 5.74) is 19.5. The summed E-state index contributed by atoms with van der Waals surface area (Å²) in [6.45, 7) is 0. The molecule has 1 spiro atoms. The Balaban J connectivity index is 0.995. The van der Waals surface area contributed by atoms with E-state index in [2.05, 4.69) is 277 Å². The second-order valence-corrected chi connectivity index (χ2v) is 18.4. The molecule has 0 bridgehead atoms. The normalized spacial score (nSPS) is 12.8. The summed E-state index contributed by atoms with van der Waals surface area (Å²) in [5, 5.41) is 0. The van der Waals surface area contributed by atoms with Crippen LogP contribution in [0.15, 0.2) is 267 Å². The van der Waals surface area contributed by atoms with Crippen molar-refractivity contribution in [2.75, 3.05) is 9.80 Å². The molecule has 0 radical (unpaired) electrons. The molecule has 0 N–H and O–H groups in total. The molecule has 0 saturated heterocycles.